The SMILES string of the molecule is O=C(COc1ccc(OCc2ccccc2)cc1)N/N=C/c1cc(Br)c(O)c(Br)c1. The molecular weight excluding hydrogens is 516 g/mol. The van der Waals surface area contributed by atoms with Crippen molar-refractivity contribution in [3.05, 3.63) is 86.8 Å². The average Bonchev–Trinajstić information content (AvgIpc) is 2.76. The van der Waals surface area contributed by atoms with E-state index in [2.05, 4.69) is 42.4 Å². The van der Waals surface area contributed by atoms with Crippen molar-refractivity contribution >= 4 is 44.0 Å². The summed E-state index contributed by atoms with van der Waals surface area (Å²) in [7, 11) is 0. The largest absolute Gasteiger partial charge is 0.506 e. The van der Waals surface area contributed by atoms with Crippen molar-refractivity contribution in [3.8, 4) is 17.2 Å². The van der Waals surface area contributed by atoms with Gasteiger partial charge in [0.25, 0.3) is 5.91 Å². The lowest BCUT2D eigenvalue weighted by Crippen LogP contribution is -2.24. The highest BCUT2D eigenvalue weighted by Gasteiger charge is 2.05. The third-order valence-corrected chi connectivity index (χ3v) is 5.09. The molecule has 0 aliphatic carbocycles. The van der Waals surface area contributed by atoms with E-state index in [1.165, 1.54) is 6.21 Å². The summed E-state index contributed by atoms with van der Waals surface area (Å²) in [4.78, 5) is 11.9. The Morgan fingerprint density at radius 2 is 1.57 bits per heavy atom. The Labute approximate surface area is 190 Å². The van der Waals surface area contributed by atoms with Gasteiger partial charge in [0.2, 0.25) is 0 Å². The lowest BCUT2D eigenvalue weighted by atomic mass is 10.2. The number of nitrogens with one attached hydrogen (secondary N) is 1. The number of aromatic hydroxyl groups is 1. The number of hydrazone groups is 1. The van der Waals surface area contributed by atoms with Crippen LogP contribution in [0.2, 0.25) is 0 Å². The van der Waals surface area contributed by atoms with Gasteiger partial charge in [0.1, 0.15) is 23.9 Å². The number of hydrogen-bond acceptors (Lipinski definition) is 5. The maximum absolute atomic E-state index is 11.9. The molecule has 1 amide bonds. The molecule has 0 aliphatic rings. The van der Waals surface area contributed by atoms with Crippen LogP contribution < -0.4 is 14.9 Å². The van der Waals surface area contributed by atoms with Gasteiger partial charge in [-0.05, 0) is 79.4 Å². The summed E-state index contributed by atoms with van der Waals surface area (Å²) in [5.41, 5.74) is 4.17. The predicted octanol–water partition coefficient (Wildman–Crippen LogP) is 5.03. The molecule has 6 nitrogen and oxygen atoms in total. The summed E-state index contributed by atoms with van der Waals surface area (Å²) < 4.78 is 12.2. The molecule has 2 N–H and O–H groups in total. The fourth-order valence-electron chi connectivity index (χ4n) is 2.39. The number of halogens is 2. The molecule has 0 saturated heterocycles. The molecule has 0 aliphatic heterocycles. The third kappa shape index (κ3) is 6.60. The van der Waals surface area contributed by atoms with E-state index in [9.17, 15) is 9.90 Å². The van der Waals surface area contributed by atoms with Crippen molar-refractivity contribution in [1.82, 2.24) is 5.43 Å². The number of amides is 1. The molecule has 3 aromatic rings. The predicted molar refractivity (Wildman–Crippen MR) is 122 cm³/mol. The Balaban J connectivity index is 1.43. The van der Waals surface area contributed by atoms with Crippen LogP contribution in [-0.4, -0.2) is 23.8 Å². The van der Waals surface area contributed by atoms with Gasteiger partial charge in [0.15, 0.2) is 6.61 Å². The minimum absolute atomic E-state index is 0.0982. The van der Waals surface area contributed by atoms with E-state index in [1.54, 1.807) is 36.4 Å². The Morgan fingerprint density at radius 3 is 2.20 bits per heavy atom. The monoisotopic (exact) mass is 532 g/mol. The Bertz CT molecular complexity index is 1000. The lowest BCUT2D eigenvalue weighted by molar-refractivity contribution is -0.123. The van der Waals surface area contributed by atoms with Gasteiger partial charge in [0.05, 0.1) is 15.2 Å². The van der Waals surface area contributed by atoms with Gasteiger partial charge in [-0.25, -0.2) is 5.43 Å². The summed E-state index contributed by atoms with van der Waals surface area (Å²) in [6.45, 7) is 0.306. The Morgan fingerprint density at radius 1 is 0.967 bits per heavy atom. The standard InChI is InChI=1S/C22H18Br2N2O4/c23-19-10-16(11-20(24)22(19)28)12-25-26-21(27)14-30-18-8-6-17(7-9-18)29-13-15-4-2-1-3-5-15/h1-12,28H,13-14H2,(H,26,27)/b25-12+. The molecule has 3 aromatic carbocycles. The fourth-order valence-corrected chi connectivity index (χ4v) is 3.61. The molecule has 0 bridgehead atoms. The first kappa shape index (κ1) is 21.9. The first-order valence-electron chi connectivity index (χ1n) is 8.91. The van der Waals surface area contributed by atoms with Crippen LogP contribution >= 0.6 is 31.9 Å². The smallest absolute Gasteiger partial charge is 0.277 e. The van der Waals surface area contributed by atoms with Crippen LogP contribution in [0.15, 0.2) is 80.8 Å². The van der Waals surface area contributed by atoms with E-state index in [4.69, 9.17) is 9.47 Å². The molecule has 0 atom stereocenters. The summed E-state index contributed by atoms with van der Waals surface area (Å²) in [5.74, 6) is 0.965. The maximum atomic E-state index is 11.9. The van der Waals surface area contributed by atoms with Gasteiger partial charge in [-0.15, -0.1) is 0 Å². The third-order valence-electron chi connectivity index (χ3n) is 3.88. The Hall–Kier alpha value is -2.84. The second-order valence-corrected chi connectivity index (χ2v) is 7.87. The maximum Gasteiger partial charge on any atom is 0.277 e. The van der Waals surface area contributed by atoms with Crippen LogP contribution in [0.5, 0.6) is 17.2 Å². The first-order chi connectivity index (χ1) is 14.5. The molecule has 30 heavy (non-hydrogen) atoms. The molecule has 0 aromatic heterocycles. The second kappa shape index (κ2) is 10.8. The Kier molecular flexibility index (Phi) is 7.87. The number of carbonyl (C=O) groups is 1. The van der Waals surface area contributed by atoms with Crippen molar-refractivity contribution in [2.24, 2.45) is 5.10 Å². The topological polar surface area (TPSA) is 80.2 Å². The minimum atomic E-state index is -0.396. The van der Waals surface area contributed by atoms with Crippen LogP contribution in [0.4, 0.5) is 0 Å². The highest BCUT2D eigenvalue weighted by molar-refractivity contribution is 9.11. The van der Waals surface area contributed by atoms with Crippen LogP contribution in [0.25, 0.3) is 0 Å². The quantitative estimate of drug-likeness (QED) is 0.314. The van der Waals surface area contributed by atoms with Crippen LogP contribution in [0.3, 0.4) is 0 Å². The van der Waals surface area contributed by atoms with Crippen molar-refractivity contribution in [2.45, 2.75) is 6.61 Å². The van der Waals surface area contributed by atoms with Crippen LogP contribution in [0, 0.1) is 0 Å². The number of ether oxygens (including phenoxy) is 2. The van der Waals surface area contributed by atoms with Gasteiger partial charge in [-0.1, -0.05) is 30.3 Å². The van der Waals surface area contributed by atoms with E-state index in [1.807, 2.05) is 30.3 Å². The number of phenolic OH excluding ortho intramolecular Hbond substituents is 1. The molecule has 0 unspecified atom stereocenters. The minimum Gasteiger partial charge on any atom is -0.506 e. The van der Waals surface area contributed by atoms with Crippen molar-refractivity contribution in [1.29, 1.82) is 0 Å². The normalized spacial score (nSPS) is 10.7. The van der Waals surface area contributed by atoms with Crippen molar-refractivity contribution < 1.29 is 19.4 Å². The summed E-state index contributed by atoms with van der Waals surface area (Å²) in [6.07, 6.45) is 1.46. The van der Waals surface area contributed by atoms with Gasteiger partial charge in [-0.2, -0.15) is 5.10 Å². The molecular formula is C22H18Br2N2O4. The van der Waals surface area contributed by atoms with Crippen molar-refractivity contribution in [3.63, 3.8) is 0 Å². The van der Waals surface area contributed by atoms with Gasteiger partial charge in [0, 0.05) is 0 Å². The molecule has 3 rings (SSSR count). The zero-order valence-corrected chi connectivity index (χ0v) is 18.9. The number of benzene rings is 3. The van der Waals surface area contributed by atoms with E-state index in [-0.39, 0.29) is 12.4 Å². The van der Waals surface area contributed by atoms with E-state index in [0.717, 1.165) is 5.56 Å². The number of hydrogen-bond donors (Lipinski definition) is 2. The zero-order chi connectivity index (χ0) is 21.3. The number of nitrogens with zero attached hydrogens (tertiary/aromatic N) is 1. The first-order valence-corrected chi connectivity index (χ1v) is 10.5. The van der Waals surface area contributed by atoms with Gasteiger partial charge in [-0.3, -0.25) is 4.79 Å². The molecule has 0 saturated carbocycles. The fraction of sp³-hybridized carbons (Fsp3) is 0.0909. The highest BCUT2D eigenvalue weighted by Crippen LogP contribution is 2.32. The van der Waals surface area contributed by atoms with E-state index in [0.29, 0.717) is 32.6 Å². The molecule has 154 valence electrons. The molecule has 0 spiro atoms. The zero-order valence-electron chi connectivity index (χ0n) is 15.7. The summed E-state index contributed by atoms with van der Waals surface area (Å²) in [5, 5.41) is 13.6. The van der Waals surface area contributed by atoms with Crippen LogP contribution in [-0.2, 0) is 11.4 Å². The average molecular weight is 534 g/mol. The number of carbonyl (C=O) groups excluding carboxylic acids is 1. The number of phenols is 1. The molecule has 8 heteroatoms. The summed E-state index contributed by atoms with van der Waals surface area (Å²) >= 11 is 6.47. The molecule has 0 fully saturated rings. The van der Waals surface area contributed by atoms with Crippen molar-refractivity contribution in [2.75, 3.05) is 6.61 Å². The van der Waals surface area contributed by atoms with E-state index < -0.39 is 5.91 Å². The molecule has 0 radical (unpaired) electrons. The van der Waals surface area contributed by atoms with Gasteiger partial charge >= 0.3 is 0 Å². The highest BCUT2D eigenvalue weighted by atomic mass is 79.9. The lowest BCUT2D eigenvalue weighted by Gasteiger charge is -2.08. The number of rotatable bonds is 8. The van der Waals surface area contributed by atoms with E-state index >= 15 is 0 Å². The second-order valence-electron chi connectivity index (χ2n) is 6.16. The summed E-state index contributed by atoms with van der Waals surface area (Å²) in [6, 6.07) is 20.3. The van der Waals surface area contributed by atoms with Crippen LogP contribution in [0.1, 0.15) is 11.1 Å². The molecule has 0 heterocycles. The van der Waals surface area contributed by atoms with Gasteiger partial charge < -0.3 is 14.6 Å².